The molecule has 28 heavy (non-hydrogen) atoms. The second-order valence-corrected chi connectivity index (χ2v) is 6.05. The molecule has 144 valence electrons. The van der Waals surface area contributed by atoms with Crippen molar-refractivity contribution >= 4 is 17.5 Å². The Balaban J connectivity index is 1.64. The molecule has 1 aromatic heterocycles. The first-order valence-electron chi connectivity index (χ1n) is 8.58. The van der Waals surface area contributed by atoms with Gasteiger partial charge in [-0.15, -0.1) is 0 Å². The molecule has 0 spiro atoms. The number of carbonyl (C=O) groups excluding carboxylic acids is 2. The van der Waals surface area contributed by atoms with E-state index < -0.39 is 11.7 Å². The van der Waals surface area contributed by atoms with Crippen molar-refractivity contribution in [3.05, 3.63) is 84.1 Å². The molecule has 0 aliphatic rings. The molecule has 7 heteroatoms. The molecule has 0 radical (unpaired) electrons. The number of hydrogen-bond donors (Lipinski definition) is 1. The molecule has 0 fully saturated rings. The Labute approximate surface area is 161 Å². The van der Waals surface area contributed by atoms with Crippen molar-refractivity contribution in [3.63, 3.8) is 0 Å². The van der Waals surface area contributed by atoms with Crippen LogP contribution < -0.4 is 10.1 Å². The number of anilines is 1. The lowest BCUT2D eigenvalue weighted by Gasteiger charge is -2.18. The minimum atomic E-state index is -0.536. The highest BCUT2D eigenvalue weighted by molar-refractivity contribution is 5.97. The van der Waals surface area contributed by atoms with E-state index in [9.17, 15) is 14.0 Å². The lowest BCUT2D eigenvalue weighted by molar-refractivity contribution is -0.118. The monoisotopic (exact) mass is 382 g/mol. The summed E-state index contributed by atoms with van der Waals surface area (Å²) in [6.45, 7) is -0.0610. The first kappa shape index (κ1) is 19.2. The van der Waals surface area contributed by atoms with Crippen LogP contribution in [-0.4, -0.2) is 30.4 Å². The number of nitrogens with zero attached hydrogens (tertiary/aromatic N) is 1. The van der Waals surface area contributed by atoms with Crippen LogP contribution in [0.3, 0.4) is 0 Å². The molecule has 0 unspecified atom stereocenters. The number of ether oxygens (including phenoxy) is 1. The Morgan fingerprint density at radius 2 is 1.82 bits per heavy atom. The number of furan rings is 1. The zero-order chi connectivity index (χ0) is 19.9. The van der Waals surface area contributed by atoms with Gasteiger partial charge in [0.15, 0.2) is 6.61 Å². The van der Waals surface area contributed by atoms with Gasteiger partial charge in [0.05, 0.1) is 24.1 Å². The Hall–Kier alpha value is -3.61. The Bertz CT molecular complexity index is 957. The maximum atomic E-state index is 13.6. The van der Waals surface area contributed by atoms with Gasteiger partial charge in [0.2, 0.25) is 0 Å². The quantitative estimate of drug-likeness (QED) is 0.676. The van der Waals surface area contributed by atoms with Gasteiger partial charge in [0.25, 0.3) is 11.8 Å². The third kappa shape index (κ3) is 4.76. The minimum absolute atomic E-state index is 0.0682. The van der Waals surface area contributed by atoms with Gasteiger partial charge >= 0.3 is 0 Å². The Kier molecular flexibility index (Phi) is 6.06. The second kappa shape index (κ2) is 8.85. The number of amides is 2. The molecule has 0 atom stereocenters. The summed E-state index contributed by atoms with van der Waals surface area (Å²) in [5.41, 5.74) is 0.383. The lowest BCUT2D eigenvalue weighted by Crippen LogP contribution is -2.27. The van der Waals surface area contributed by atoms with Gasteiger partial charge in [0, 0.05) is 7.05 Å². The Morgan fingerprint density at radius 1 is 1.07 bits per heavy atom. The molecule has 3 rings (SSSR count). The Morgan fingerprint density at radius 3 is 2.57 bits per heavy atom. The predicted octanol–water partition coefficient (Wildman–Crippen LogP) is 3.71. The van der Waals surface area contributed by atoms with E-state index in [0.717, 1.165) is 0 Å². The highest BCUT2D eigenvalue weighted by atomic mass is 19.1. The molecule has 0 saturated carbocycles. The van der Waals surface area contributed by atoms with Crippen LogP contribution in [-0.2, 0) is 11.3 Å². The van der Waals surface area contributed by atoms with E-state index in [1.807, 2.05) is 0 Å². The van der Waals surface area contributed by atoms with Crippen LogP contribution >= 0.6 is 0 Å². The second-order valence-electron chi connectivity index (χ2n) is 6.05. The number of carbonyl (C=O) groups is 2. The third-order valence-corrected chi connectivity index (χ3v) is 3.94. The summed E-state index contributed by atoms with van der Waals surface area (Å²) in [5, 5.41) is 2.43. The fourth-order valence-electron chi connectivity index (χ4n) is 2.58. The molecular weight excluding hydrogens is 363 g/mol. The van der Waals surface area contributed by atoms with Gasteiger partial charge in [-0.05, 0) is 36.4 Å². The average Bonchev–Trinajstić information content (AvgIpc) is 3.21. The number of benzene rings is 2. The number of nitrogens with one attached hydrogen (secondary N) is 1. The molecular formula is C21H19FN2O4. The van der Waals surface area contributed by atoms with E-state index in [4.69, 9.17) is 9.15 Å². The highest BCUT2D eigenvalue weighted by Gasteiger charge is 2.18. The normalized spacial score (nSPS) is 10.4. The van der Waals surface area contributed by atoms with Crippen molar-refractivity contribution < 1.29 is 23.1 Å². The van der Waals surface area contributed by atoms with E-state index >= 15 is 0 Å². The van der Waals surface area contributed by atoms with Crippen molar-refractivity contribution in [2.45, 2.75) is 6.54 Å². The smallest absolute Gasteiger partial charge is 0.262 e. The summed E-state index contributed by atoms with van der Waals surface area (Å²) in [4.78, 5) is 26.3. The van der Waals surface area contributed by atoms with Gasteiger partial charge in [-0.1, -0.05) is 24.3 Å². The molecule has 1 N–H and O–H groups in total. The van der Waals surface area contributed by atoms with Crippen molar-refractivity contribution in [3.8, 4) is 5.75 Å². The SMILES string of the molecule is CN(Cc1ccco1)C(=O)c1ccccc1OCC(=O)Nc1ccccc1F. The molecule has 0 aliphatic heterocycles. The van der Waals surface area contributed by atoms with Crippen molar-refractivity contribution in [2.75, 3.05) is 19.0 Å². The summed E-state index contributed by atoms with van der Waals surface area (Å²) in [7, 11) is 1.65. The largest absolute Gasteiger partial charge is 0.483 e. The van der Waals surface area contributed by atoms with Crippen LogP contribution in [0, 0.1) is 5.82 Å². The van der Waals surface area contributed by atoms with Crippen molar-refractivity contribution in [2.24, 2.45) is 0 Å². The minimum Gasteiger partial charge on any atom is -0.483 e. The average molecular weight is 382 g/mol. The topological polar surface area (TPSA) is 71.8 Å². The van der Waals surface area contributed by atoms with Crippen molar-refractivity contribution in [1.82, 2.24) is 4.90 Å². The maximum Gasteiger partial charge on any atom is 0.262 e. The maximum absolute atomic E-state index is 13.6. The molecule has 6 nitrogen and oxygen atoms in total. The standard InChI is InChI=1S/C21H19FN2O4/c1-24(13-15-7-6-12-27-15)21(26)16-8-2-5-11-19(16)28-14-20(25)23-18-10-4-3-9-17(18)22/h2-12H,13-14H2,1H3,(H,23,25). The van der Waals surface area contributed by atoms with Gasteiger partial charge in [-0.25, -0.2) is 4.39 Å². The van der Waals surface area contributed by atoms with E-state index in [1.165, 1.54) is 23.1 Å². The van der Waals surface area contributed by atoms with E-state index in [1.54, 1.807) is 55.8 Å². The van der Waals surface area contributed by atoms with Crippen LogP contribution in [0.4, 0.5) is 10.1 Å². The van der Waals surface area contributed by atoms with Crippen LogP contribution in [0.1, 0.15) is 16.1 Å². The van der Waals surface area contributed by atoms with Gasteiger partial charge in [-0.3, -0.25) is 9.59 Å². The fourth-order valence-corrected chi connectivity index (χ4v) is 2.58. The van der Waals surface area contributed by atoms with Crippen molar-refractivity contribution in [1.29, 1.82) is 0 Å². The van der Waals surface area contributed by atoms with Crippen LogP contribution in [0.2, 0.25) is 0 Å². The number of rotatable bonds is 7. The van der Waals surface area contributed by atoms with Crippen LogP contribution in [0.25, 0.3) is 0 Å². The first-order valence-corrected chi connectivity index (χ1v) is 8.58. The zero-order valence-electron chi connectivity index (χ0n) is 15.2. The zero-order valence-corrected chi connectivity index (χ0v) is 15.2. The summed E-state index contributed by atoms with van der Waals surface area (Å²) in [6, 6.07) is 16.0. The number of para-hydroxylation sites is 2. The first-order chi connectivity index (χ1) is 13.5. The summed E-state index contributed by atoms with van der Waals surface area (Å²) >= 11 is 0. The molecule has 0 bridgehead atoms. The number of hydrogen-bond acceptors (Lipinski definition) is 4. The molecule has 3 aromatic rings. The molecule has 2 aromatic carbocycles. The van der Waals surface area contributed by atoms with Crippen LogP contribution in [0.15, 0.2) is 71.3 Å². The molecule has 0 saturated heterocycles. The fraction of sp³-hybridized carbons (Fsp3) is 0.143. The van der Waals surface area contributed by atoms with Gasteiger partial charge < -0.3 is 19.4 Å². The molecule has 0 aliphatic carbocycles. The lowest BCUT2D eigenvalue weighted by atomic mass is 10.1. The summed E-state index contributed by atoms with van der Waals surface area (Å²) in [6.07, 6.45) is 1.54. The number of halogens is 1. The highest BCUT2D eigenvalue weighted by Crippen LogP contribution is 2.21. The molecule has 1 heterocycles. The van der Waals surface area contributed by atoms with Gasteiger partial charge in [-0.2, -0.15) is 0 Å². The van der Waals surface area contributed by atoms with E-state index in [2.05, 4.69) is 5.32 Å². The van der Waals surface area contributed by atoms with Gasteiger partial charge in [0.1, 0.15) is 17.3 Å². The predicted molar refractivity (Wildman–Crippen MR) is 101 cm³/mol. The molecule has 2 amide bonds. The summed E-state index contributed by atoms with van der Waals surface area (Å²) in [5.74, 6) is -0.426. The van der Waals surface area contributed by atoms with E-state index in [0.29, 0.717) is 17.9 Å². The summed E-state index contributed by atoms with van der Waals surface area (Å²) < 4.78 is 24.4. The third-order valence-electron chi connectivity index (χ3n) is 3.94. The van der Waals surface area contributed by atoms with E-state index in [-0.39, 0.29) is 24.0 Å². The van der Waals surface area contributed by atoms with Crippen LogP contribution in [0.5, 0.6) is 5.75 Å².